The number of nitrogens with one attached hydrogen (secondary N) is 1. The molecule has 2 atom stereocenters. The summed E-state index contributed by atoms with van der Waals surface area (Å²) in [5.74, 6) is -1.03. The first-order chi connectivity index (χ1) is 15.9. The van der Waals surface area contributed by atoms with E-state index in [9.17, 15) is 9.90 Å². The second-order valence-electron chi connectivity index (χ2n) is 7.11. The van der Waals surface area contributed by atoms with Gasteiger partial charge in [-0.05, 0) is 29.8 Å². The molecule has 0 saturated carbocycles. The van der Waals surface area contributed by atoms with Gasteiger partial charge in [0, 0.05) is 10.6 Å². The molecular weight excluding hydrogens is 487 g/mol. The van der Waals surface area contributed by atoms with Gasteiger partial charge in [0.05, 0.1) is 23.7 Å². The second-order valence-corrected chi connectivity index (χ2v) is 8.34. The summed E-state index contributed by atoms with van der Waals surface area (Å²) < 4.78 is 5.68. The zero-order chi connectivity index (χ0) is 23.4. The van der Waals surface area contributed by atoms with Crippen molar-refractivity contribution >= 4 is 52.8 Å². The van der Waals surface area contributed by atoms with E-state index in [0.717, 1.165) is 16.8 Å². The fourth-order valence-corrected chi connectivity index (χ4v) is 3.89. The van der Waals surface area contributed by atoms with Crippen LogP contribution < -0.4 is 10.2 Å². The molecule has 2 unspecified atom stereocenters. The van der Waals surface area contributed by atoms with Gasteiger partial charge in [-0.1, -0.05) is 83.3 Å². The molecule has 0 radical (unpaired) electrons. The van der Waals surface area contributed by atoms with E-state index in [1.54, 1.807) is 11.1 Å². The number of hydrogen-bond donors (Lipinski definition) is 2. The number of carboxylic acids is 1. The predicted molar refractivity (Wildman–Crippen MR) is 131 cm³/mol. The third kappa shape index (κ3) is 5.51. The minimum absolute atomic E-state index is 0.0724. The van der Waals surface area contributed by atoms with Gasteiger partial charge in [-0.25, -0.2) is 9.79 Å². The van der Waals surface area contributed by atoms with Gasteiger partial charge in [0.2, 0.25) is 0 Å². The Bertz CT molecular complexity index is 1160. The van der Waals surface area contributed by atoms with Crippen molar-refractivity contribution in [3.63, 3.8) is 0 Å². The van der Waals surface area contributed by atoms with Crippen LogP contribution in [0.4, 0.5) is 5.69 Å². The lowest BCUT2D eigenvalue weighted by atomic mass is 10.0. The first-order valence-corrected chi connectivity index (χ1v) is 11.1. The molecule has 1 aliphatic heterocycles. The zero-order valence-corrected chi connectivity index (χ0v) is 19.4. The summed E-state index contributed by atoms with van der Waals surface area (Å²) in [7, 11) is 0. The lowest BCUT2D eigenvalue weighted by Crippen LogP contribution is -2.55. The number of hydrazine groups is 1. The van der Waals surface area contributed by atoms with Crippen molar-refractivity contribution in [2.45, 2.75) is 11.9 Å². The highest BCUT2D eigenvalue weighted by molar-refractivity contribution is 6.35. The van der Waals surface area contributed by atoms with Crippen molar-refractivity contribution in [2.24, 2.45) is 4.99 Å². The Balaban J connectivity index is 1.55. The Morgan fingerprint density at radius 1 is 1.09 bits per heavy atom. The van der Waals surface area contributed by atoms with Gasteiger partial charge in [-0.3, -0.25) is 0 Å². The molecule has 1 aliphatic rings. The van der Waals surface area contributed by atoms with Gasteiger partial charge in [0.1, 0.15) is 5.75 Å². The fourth-order valence-electron chi connectivity index (χ4n) is 3.28. The monoisotopic (exact) mass is 504 g/mol. The third-order valence-corrected chi connectivity index (χ3v) is 5.71. The number of halogens is 3. The number of carbonyl (C=O) groups is 1. The third-order valence-electron chi connectivity index (χ3n) is 4.83. The Morgan fingerprint density at radius 3 is 2.55 bits per heavy atom. The smallest absolute Gasteiger partial charge is 0.366 e. The maximum absolute atomic E-state index is 12.0. The predicted octanol–water partition coefficient (Wildman–Crippen LogP) is 5.60. The van der Waals surface area contributed by atoms with E-state index in [4.69, 9.17) is 39.5 Å². The van der Waals surface area contributed by atoms with Gasteiger partial charge in [-0.2, -0.15) is 5.01 Å². The first-order valence-electron chi connectivity index (χ1n) is 9.88. The molecule has 3 aromatic rings. The lowest BCUT2D eigenvalue weighted by Gasteiger charge is -2.37. The lowest BCUT2D eigenvalue weighted by molar-refractivity contribution is -0.152. The molecule has 0 fully saturated rings. The molecule has 4 rings (SSSR count). The van der Waals surface area contributed by atoms with Crippen molar-refractivity contribution in [1.29, 1.82) is 0 Å². The first kappa shape index (κ1) is 23.2. The van der Waals surface area contributed by atoms with E-state index in [2.05, 4.69) is 10.4 Å². The second kappa shape index (κ2) is 10.3. The fraction of sp³-hybridized carbons (Fsp3) is 0.130. The number of nitrogens with zero attached hydrogens (tertiary/aromatic N) is 3. The highest BCUT2D eigenvalue weighted by Crippen LogP contribution is 2.31. The average Bonchev–Trinajstić information content (AvgIpc) is 2.81. The molecule has 0 saturated heterocycles. The molecule has 170 valence electrons. The number of anilines is 1. The van der Waals surface area contributed by atoms with Crippen LogP contribution in [0.5, 0.6) is 5.75 Å². The molecule has 0 amide bonds. The zero-order valence-electron chi connectivity index (χ0n) is 17.1. The van der Waals surface area contributed by atoms with Crippen molar-refractivity contribution in [1.82, 2.24) is 9.91 Å². The summed E-state index contributed by atoms with van der Waals surface area (Å²) in [6.07, 6.45) is -0.0491. The molecule has 0 aliphatic carbocycles. The molecule has 33 heavy (non-hydrogen) atoms. The number of hydrogen-bond acceptors (Lipinski definition) is 6. The molecule has 0 spiro atoms. The van der Waals surface area contributed by atoms with Crippen molar-refractivity contribution in [3.8, 4) is 16.9 Å². The number of benzene rings is 3. The molecule has 10 heteroatoms. The van der Waals surface area contributed by atoms with Crippen LogP contribution in [0.3, 0.4) is 0 Å². The molecule has 7 nitrogen and oxygen atoms in total. The summed E-state index contributed by atoms with van der Waals surface area (Å²) in [5.41, 5.74) is 5.27. The average molecular weight is 506 g/mol. The van der Waals surface area contributed by atoms with Gasteiger partial charge >= 0.3 is 5.97 Å². The van der Waals surface area contributed by atoms with Crippen LogP contribution in [0.1, 0.15) is 0 Å². The Kier molecular flexibility index (Phi) is 7.25. The van der Waals surface area contributed by atoms with Crippen LogP contribution in [0.2, 0.25) is 10.0 Å². The Morgan fingerprint density at radius 2 is 1.82 bits per heavy atom. The molecule has 3 aromatic carbocycles. The van der Waals surface area contributed by atoms with E-state index >= 15 is 0 Å². The number of rotatable bonds is 7. The van der Waals surface area contributed by atoms with Crippen molar-refractivity contribution in [3.05, 3.63) is 82.8 Å². The van der Waals surface area contributed by atoms with Crippen molar-refractivity contribution < 1.29 is 14.6 Å². The number of alkyl halides is 1. The molecule has 0 bridgehead atoms. The normalized spacial score (nSPS) is 16.9. The van der Waals surface area contributed by atoms with Crippen LogP contribution in [0.25, 0.3) is 11.1 Å². The standard InChI is InChI=1S/C23H19Cl3N4O3/c24-16-10-11-20(18(25)12-16)33-21(22(31)32)29-13-27-23(26)30(14-29)28-19-9-5-4-8-17(19)15-6-2-1-3-7-15/h1-13,21,23,28H,14H2,(H,31,32). The maximum atomic E-state index is 12.0. The van der Waals surface area contributed by atoms with Gasteiger partial charge in [0.25, 0.3) is 6.23 Å². The summed E-state index contributed by atoms with van der Waals surface area (Å²) in [5, 5.41) is 12.0. The number of carboxylic acid groups (broad SMARTS) is 1. The summed E-state index contributed by atoms with van der Waals surface area (Å²) in [6.45, 7) is 0.0724. The SMILES string of the molecule is O=C(O)C(Oc1ccc(Cl)cc1Cl)N1C=NC(Cl)N(Nc2ccccc2-c2ccccc2)C1. The van der Waals surface area contributed by atoms with E-state index in [0.29, 0.717) is 5.02 Å². The number of aliphatic imine (C=N–C) groups is 1. The van der Waals surface area contributed by atoms with E-state index < -0.39 is 17.8 Å². The van der Waals surface area contributed by atoms with E-state index in [1.807, 2.05) is 54.6 Å². The van der Waals surface area contributed by atoms with Gasteiger partial charge < -0.3 is 20.2 Å². The highest BCUT2D eigenvalue weighted by atomic mass is 35.5. The van der Waals surface area contributed by atoms with Crippen LogP contribution >= 0.6 is 34.8 Å². The van der Waals surface area contributed by atoms with Gasteiger partial charge in [-0.15, -0.1) is 0 Å². The Labute approximate surface area is 205 Å². The number of ether oxygens (including phenoxy) is 1. The highest BCUT2D eigenvalue weighted by Gasteiger charge is 2.32. The van der Waals surface area contributed by atoms with Crippen LogP contribution in [0.15, 0.2) is 77.8 Å². The molecule has 1 heterocycles. The summed E-state index contributed by atoms with van der Waals surface area (Å²) in [4.78, 5) is 17.6. The van der Waals surface area contributed by atoms with Crippen LogP contribution in [-0.2, 0) is 4.79 Å². The molecule has 0 aromatic heterocycles. The van der Waals surface area contributed by atoms with Gasteiger partial charge in [0.15, 0.2) is 5.62 Å². The largest absolute Gasteiger partial charge is 0.477 e. The summed E-state index contributed by atoms with van der Waals surface area (Å²) in [6, 6.07) is 22.2. The number of para-hydroxylation sites is 1. The molecular formula is C23H19Cl3N4O3. The quantitative estimate of drug-likeness (QED) is 0.321. The van der Waals surface area contributed by atoms with Crippen LogP contribution in [-0.4, -0.2) is 45.8 Å². The molecule has 2 N–H and O–H groups in total. The summed E-state index contributed by atoms with van der Waals surface area (Å²) >= 11 is 18.5. The maximum Gasteiger partial charge on any atom is 0.366 e. The Hall–Kier alpha value is -2.97. The number of aliphatic carboxylic acids is 1. The minimum Gasteiger partial charge on any atom is -0.477 e. The van der Waals surface area contributed by atoms with Crippen molar-refractivity contribution in [2.75, 3.05) is 12.1 Å². The van der Waals surface area contributed by atoms with E-state index in [-0.39, 0.29) is 17.4 Å². The van der Waals surface area contributed by atoms with E-state index in [1.165, 1.54) is 23.4 Å². The topological polar surface area (TPSA) is 77.4 Å². The van der Waals surface area contributed by atoms with Crippen LogP contribution in [0, 0.1) is 0 Å². The minimum atomic E-state index is -1.40.